The molecule has 0 spiro atoms. The van der Waals surface area contributed by atoms with Crippen molar-refractivity contribution in [3.8, 4) is 0 Å². The van der Waals surface area contributed by atoms with Gasteiger partial charge in [0.2, 0.25) is 11.5 Å². The van der Waals surface area contributed by atoms with E-state index in [9.17, 15) is 18.8 Å². The van der Waals surface area contributed by atoms with Crippen LogP contribution in [0.3, 0.4) is 0 Å². The van der Waals surface area contributed by atoms with Crippen molar-refractivity contribution in [1.29, 1.82) is 0 Å². The summed E-state index contributed by atoms with van der Waals surface area (Å²) in [5.41, 5.74) is 2.38. The Kier molecular flexibility index (Phi) is 6.63. The third-order valence-electron chi connectivity index (χ3n) is 6.93. The van der Waals surface area contributed by atoms with Gasteiger partial charge in [-0.05, 0) is 55.5 Å². The van der Waals surface area contributed by atoms with Gasteiger partial charge in [-0.2, -0.15) is 0 Å². The largest absolute Gasteiger partial charge is 0.481 e. The first-order valence-corrected chi connectivity index (χ1v) is 12.2. The fourth-order valence-electron chi connectivity index (χ4n) is 4.70. The second kappa shape index (κ2) is 10.0. The van der Waals surface area contributed by atoms with Crippen LogP contribution >= 0.6 is 0 Å². The Balaban J connectivity index is 1.40. The van der Waals surface area contributed by atoms with Gasteiger partial charge in [0.1, 0.15) is 17.3 Å². The summed E-state index contributed by atoms with van der Waals surface area (Å²) in [6, 6.07) is 6.86. The Labute approximate surface area is 207 Å². The fourth-order valence-corrected chi connectivity index (χ4v) is 4.70. The van der Waals surface area contributed by atoms with Crippen LogP contribution in [-0.2, 0) is 9.59 Å². The third-order valence-corrected chi connectivity index (χ3v) is 6.93. The number of aliphatic imine (C=N–C) groups is 1. The predicted molar refractivity (Wildman–Crippen MR) is 130 cm³/mol. The molecule has 1 aromatic heterocycles. The zero-order valence-electron chi connectivity index (χ0n) is 19.7. The summed E-state index contributed by atoms with van der Waals surface area (Å²) in [5.74, 6) is -0.755. The number of amides is 1. The molecule has 0 saturated heterocycles. The van der Waals surface area contributed by atoms with Crippen molar-refractivity contribution in [1.82, 2.24) is 5.16 Å². The number of carboxylic acids is 1. The van der Waals surface area contributed by atoms with Crippen molar-refractivity contribution >= 4 is 34.8 Å². The normalized spacial score (nSPS) is 19.7. The molecule has 1 unspecified atom stereocenters. The quantitative estimate of drug-likeness (QED) is 0.391. The number of unbranched alkanes of at least 4 members (excludes halogenated alkanes) is 1. The third kappa shape index (κ3) is 4.78. The van der Waals surface area contributed by atoms with Gasteiger partial charge in [-0.1, -0.05) is 23.7 Å². The smallest absolute Gasteiger partial charge is 0.303 e. The molecule has 36 heavy (non-hydrogen) atoms. The van der Waals surface area contributed by atoms with Crippen LogP contribution in [0.4, 0.5) is 10.1 Å². The topological polar surface area (TPSA) is 113 Å². The number of amidine groups is 1. The van der Waals surface area contributed by atoms with Gasteiger partial charge in [-0.25, -0.2) is 4.39 Å². The number of carboxylic acid groups (broad SMARTS) is 1. The van der Waals surface area contributed by atoms with E-state index >= 15 is 0 Å². The Morgan fingerprint density at radius 2 is 1.92 bits per heavy atom. The summed E-state index contributed by atoms with van der Waals surface area (Å²) in [5, 5.41) is 13.0. The van der Waals surface area contributed by atoms with Gasteiger partial charge in [0.25, 0.3) is 5.91 Å². The second-order valence-electron chi connectivity index (χ2n) is 9.37. The number of fused-ring (bicyclic) bond motifs is 1. The number of halogens is 1. The van der Waals surface area contributed by atoms with Crippen molar-refractivity contribution < 1.29 is 28.4 Å². The van der Waals surface area contributed by atoms with Gasteiger partial charge in [0.05, 0.1) is 11.7 Å². The molecule has 3 aliphatic rings. The van der Waals surface area contributed by atoms with E-state index in [2.05, 4.69) is 5.16 Å². The van der Waals surface area contributed by atoms with Crippen LogP contribution in [0.15, 0.2) is 57.6 Å². The van der Waals surface area contributed by atoms with Crippen molar-refractivity contribution in [3.05, 3.63) is 65.3 Å². The summed E-state index contributed by atoms with van der Waals surface area (Å²) >= 11 is 0. The molecule has 1 fully saturated rings. The van der Waals surface area contributed by atoms with Gasteiger partial charge < -0.3 is 9.63 Å². The second-order valence-corrected chi connectivity index (χ2v) is 9.37. The van der Waals surface area contributed by atoms with E-state index in [1.165, 1.54) is 29.2 Å². The maximum atomic E-state index is 13.5. The van der Waals surface area contributed by atoms with Gasteiger partial charge >= 0.3 is 5.97 Å². The van der Waals surface area contributed by atoms with Crippen molar-refractivity contribution in [2.45, 2.75) is 57.4 Å². The van der Waals surface area contributed by atoms with Crippen LogP contribution in [0.25, 0.3) is 5.57 Å². The van der Waals surface area contributed by atoms with Crippen molar-refractivity contribution in [3.63, 3.8) is 0 Å². The van der Waals surface area contributed by atoms with Crippen molar-refractivity contribution in [2.24, 2.45) is 10.9 Å². The lowest BCUT2D eigenvalue weighted by atomic mass is 9.81. The van der Waals surface area contributed by atoms with E-state index in [0.29, 0.717) is 48.5 Å². The zero-order valence-corrected chi connectivity index (χ0v) is 19.7. The highest BCUT2D eigenvalue weighted by atomic mass is 19.1. The van der Waals surface area contributed by atoms with Crippen LogP contribution in [0, 0.1) is 11.7 Å². The van der Waals surface area contributed by atoms with E-state index in [1.807, 2.05) is 0 Å². The predicted octanol–water partition coefficient (Wildman–Crippen LogP) is 4.97. The number of anilines is 1. The summed E-state index contributed by atoms with van der Waals surface area (Å²) < 4.78 is 18.9. The number of allylic oxidation sites excluding steroid dienone is 2. The van der Waals surface area contributed by atoms with Gasteiger partial charge in [-0.15, -0.1) is 0 Å². The number of rotatable bonds is 9. The summed E-state index contributed by atoms with van der Waals surface area (Å²) in [6.07, 6.45) is 8.18. The molecule has 8 nitrogen and oxygen atoms in total. The molecular weight excluding hydrogens is 465 g/mol. The molecule has 2 heterocycles. The molecule has 0 bridgehead atoms. The summed E-state index contributed by atoms with van der Waals surface area (Å²) in [7, 11) is 0. The van der Waals surface area contributed by atoms with Gasteiger partial charge in [0.15, 0.2) is 0 Å². The molecule has 2 aliphatic carbocycles. The Morgan fingerprint density at radius 3 is 2.61 bits per heavy atom. The monoisotopic (exact) mass is 491 g/mol. The molecule has 1 N–H and O–H groups in total. The van der Waals surface area contributed by atoms with E-state index in [-0.39, 0.29) is 29.8 Å². The highest BCUT2D eigenvalue weighted by Gasteiger charge is 2.37. The number of hydrogen-bond donors (Lipinski definition) is 1. The molecule has 1 atom stereocenters. The number of carbonyl (C=O) groups excluding carboxylic acids is 2. The number of hydrogen-bond acceptors (Lipinski definition) is 6. The Hall–Kier alpha value is -3.88. The molecule has 5 rings (SSSR count). The van der Waals surface area contributed by atoms with E-state index in [1.54, 1.807) is 18.2 Å². The molecule has 0 radical (unpaired) electrons. The van der Waals surface area contributed by atoms with Crippen LogP contribution in [0.5, 0.6) is 0 Å². The summed E-state index contributed by atoms with van der Waals surface area (Å²) in [6.45, 7) is 0. The highest BCUT2D eigenvalue weighted by Crippen LogP contribution is 2.36. The molecular formula is C27H26FN3O5. The highest BCUT2D eigenvalue weighted by molar-refractivity contribution is 6.25. The zero-order chi connectivity index (χ0) is 25.2. The minimum absolute atomic E-state index is 0.0133. The molecule has 1 aromatic carbocycles. The van der Waals surface area contributed by atoms with Gasteiger partial charge in [-0.3, -0.25) is 24.3 Å². The van der Waals surface area contributed by atoms with Gasteiger partial charge in [0, 0.05) is 36.8 Å². The van der Waals surface area contributed by atoms with E-state index in [4.69, 9.17) is 14.6 Å². The Morgan fingerprint density at radius 1 is 1.14 bits per heavy atom. The number of Topliss-reactive ketones (excluding diaryl/α,β-unsaturated/α-hetero) is 1. The number of ketones is 1. The molecule has 1 aliphatic heterocycles. The lowest BCUT2D eigenvalue weighted by molar-refractivity contribution is -0.137. The average Bonchev–Trinajstić information content (AvgIpc) is 3.32. The van der Waals surface area contributed by atoms with Crippen molar-refractivity contribution in [2.75, 3.05) is 4.90 Å². The summed E-state index contributed by atoms with van der Waals surface area (Å²) in [4.78, 5) is 43.3. The molecule has 1 amide bonds. The first-order valence-electron chi connectivity index (χ1n) is 12.2. The van der Waals surface area contributed by atoms with Crippen LogP contribution in [0.1, 0.15) is 67.6 Å². The maximum Gasteiger partial charge on any atom is 0.303 e. The number of benzene rings is 1. The minimum atomic E-state index is -0.873. The average molecular weight is 492 g/mol. The first-order chi connectivity index (χ1) is 17.4. The first kappa shape index (κ1) is 23.8. The number of carbonyl (C=O) groups is 3. The van der Waals surface area contributed by atoms with E-state index in [0.717, 1.165) is 24.8 Å². The Bertz CT molecular complexity index is 1290. The number of aromatic nitrogens is 1. The van der Waals surface area contributed by atoms with E-state index < -0.39 is 17.8 Å². The minimum Gasteiger partial charge on any atom is -0.481 e. The van der Waals surface area contributed by atoms with Crippen LogP contribution < -0.4 is 4.90 Å². The maximum absolute atomic E-state index is 13.5. The SMILES string of the molecule is O=C(O)CCCCC1=NC2CC(c3cc(C(=O)C4CCC4)on3)=CC=C2C(=O)N1c1ccc(F)cc1. The molecule has 2 aromatic rings. The lowest BCUT2D eigenvalue weighted by Gasteiger charge is -2.34. The molecule has 9 heteroatoms. The number of nitrogens with zero attached hydrogens (tertiary/aromatic N) is 3. The fraction of sp³-hybridized carbons (Fsp3) is 0.370. The molecule has 186 valence electrons. The van der Waals surface area contributed by atoms with Crippen LogP contribution in [0.2, 0.25) is 0 Å². The van der Waals surface area contributed by atoms with Crippen LogP contribution in [-0.4, -0.2) is 39.8 Å². The lowest BCUT2D eigenvalue weighted by Crippen LogP contribution is -2.45. The molecule has 1 saturated carbocycles. The standard InChI is InChI=1S/C27H26FN3O5/c28-18-9-11-19(12-10-18)31-24(6-1-2-7-25(32)33)29-22-14-17(8-13-20(22)27(31)35)21-15-23(36-30-21)26(34)16-4-3-5-16/h8-13,15-16,22H,1-7,14H2,(H,32,33). The number of aliphatic carboxylic acids is 1.